The van der Waals surface area contributed by atoms with Crippen molar-refractivity contribution in [3.05, 3.63) is 34.3 Å². The molecule has 0 bridgehead atoms. The van der Waals surface area contributed by atoms with Gasteiger partial charge < -0.3 is 15.5 Å². The smallest absolute Gasteiger partial charge is 0.251 e. The molecule has 22 heavy (non-hydrogen) atoms. The number of amides is 2. The van der Waals surface area contributed by atoms with Crippen LogP contribution in [0.2, 0.25) is 0 Å². The average molecular weight is 391 g/mol. The number of carbonyl (C=O) groups is 2. The minimum absolute atomic E-state index is 0. The van der Waals surface area contributed by atoms with Crippen LogP contribution in [-0.4, -0.2) is 49.4 Å². The number of nitrogens with one attached hydrogen (secondary N) is 2. The molecule has 1 aromatic carbocycles. The maximum Gasteiger partial charge on any atom is 0.251 e. The summed E-state index contributed by atoms with van der Waals surface area (Å²) in [6.45, 7) is 1.52. The van der Waals surface area contributed by atoms with Gasteiger partial charge in [0.1, 0.15) is 0 Å². The molecule has 1 unspecified atom stereocenters. The number of halogens is 2. The fourth-order valence-electron chi connectivity index (χ4n) is 2.44. The first-order valence-corrected chi connectivity index (χ1v) is 7.88. The summed E-state index contributed by atoms with van der Waals surface area (Å²) in [5, 5.41) is 5.88. The first kappa shape index (κ1) is 18.9. The Morgan fingerprint density at radius 1 is 1.41 bits per heavy atom. The van der Waals surface area contributed by atoms with E-state index in [0.29, 0.717) is 18.2 Å². The van der Waals surface area contributed by atoms with Gasteiger partial charge in [0.25, 0.3) is 5.91 Å². The Kier molecular flexibility index (Phi) is 7.85. The predicted octanol–water partition coefficient (Wildman–Crippen LogP) is 1.81. The molecule has 5 nitrogen and oxygen atoms in total. The van der Waals surface area contributed by atoms with E-state index in [4.69, 9.17) is 0 Å². The molecule has 2 amide bonds. The Bertz CT molecular complexity index is 527. The van der Waals surface area contributed by atoms with Crippen molar-refractivity contribution >= 4 is 40.2 Å². The van der Waals surface area contributed by atoms with Crippen LogP contribution in [0.15, 0.2) is 28.7 Å². The molecule has 2 rings (SSSR count). The van der Waals surface area contributed by atoms with Crippen LogP contribution in [0.4, 0.5) is 0 Å². The van der Waals surface area contributed by atoms with Gasteiger partial charge in [0, 0.05) is 29.2 Å². The number of carbonyl (C=O) groups excluding carboxylic acids is 2. The van der Waals surface area contributed by atoms with Gasteiger partial charge in [0.2, 0.25) is 5.91 Å². The summed E-state index contributed by atoms with van der Waals surface area (Å²) in [6, 6.07) is 7.46. The van der Waals surface area contributed by atoms with Gasteiger partial charge in [-0.2, -0.15) is 0 Å². The summed E-state index contributed by atoms with van der Waals surface area (Å²) in [5.74, 6) is -0.259. The van der Waals surface area contributed by atoms with Gasteiger partial charge in [-0.25, -0.2) is 0 Å². The number of likely N-dealkylation sites (N-methyl/N-ethyl adjacent to an activating group) is 1. The Balaban J connectivity index is 0.00000242. The molecule has 0 aromatic heterocycles. The molecule has 0 aliphatic carbocycles. The van der Waals surface area contributed by atoms with Crippen LogP contribution >= 0.6 is 28.3 Å². The number of hydrogen-bond acceptors (Lipinski definition) is 3. The van der Waals surface area contributed by atoms with E-state index >= 15 is 0 Å². The monoisotopic (exact) mass is 389 g/mol. The van der Waals surface area contributed by atoms with Crippen LogP contribution in [-0.2, 0) is 4.79 Å². The van der Waals surface area contributed by atoms with E-state index in [1.807, 2.05) is 18.0 Å². The van der Waals surface area contributed by atoms with Gasteiger partial charge in [0.15, 0.2) is 0 Å². The van der Waals surface area contributed by atoms with Crippen molar-refractivity contribution in [3.63, 3.8) is 0 Å². The minimum Gasteiger partial charge on any atom is -0.343 e. The predicted molar refractivity (Wildman–Crippen MR) is 92.4 cm³/mol. The molecule has 2 N–H and O–H groups in total. The molecular formula is C15H21BrClN3O2. The van der Waals surface area contributed by atoms with Crippen molar-refractivity contribution in [3.8, 4) is 0 Å². The van der Waals surface area contributed by atoms with Crippen molar-refractivity contribution in [1.29, 1.82) is 0 Å². The second-order valence-corrected chi connectivity index (χ2v) is 6.08. The van der Waals surface area contributed by atoms with Crippen molar-refractivity contribution in [2.24, 2.45) is 0 Å². The normalized spacial score (nSPS) is 17.5. The van der Waals surface area contributed by atoms with Crippen molar-refractivity contribution in [1.82, 2.24) is 15.5 Å². The van der Waals surface area contributed by atoms with Gasteiger partial charge in [0.05, 0.1) is 6.54 Å². The zero-order valence-electron chi connectivity index (χ0n) is 12.5. The molecule has 1 atom stereocenters. The van der Waals surface area contributed by atoms with Crippen molar-refractivity contribution in [2.75, 3.05) is 26.7 Å². The zero-order chi connectivity index (χ0) is 15.2. The lowest BCUT2D eigenvalue weighted by Crippen LogP contribution is -2.49. The second kappa shape index (κ2) is 9.12. The molecule has 1 saturated heterocycles. The summed E-state index contributed by atoms with van der Waals surface area (Å²) in [5.41, 5.74) is 0.545. The molecule has 0 saturated carbocycles. The number of benzene rings is 1. The maximum absolute atomic E-state index is 12.1. The van der Waals surface area contributed by atoms with Crippen molar-refractivity contribution in [2.45, 2.75) is 18.9 Å². The van der Waals surface area contributed by atoms with Crippen LogP contribution < -0.4 is 10.6 Å². The Morgan fingerprint density at radius 3 is 2.86 bits per heavy atom. The molecule has 7 heteroatoms. The first-order chi connectivity index (χ1) is 10.1. The Labute approximate surface area is 145 Å². The first-order valence-electron chi connectivity index (χ1n) is 7.09. The molecule has 0 radical (unpaired) electrons. The highest BCUT2D eigenvalue weighted by atomic mass is 79.9. The van der Waals surface area contributed by atoms with Crippen LogP contribution in [0.1, 0.15) is 23.2 Å². The van der Waals surface area contributed by atoms with E-state index in [9.17, 15) is 9.59 Å². The topological polar surface area (TPSA) is 61.4 Å². The van der Waals surface area contributed by atoms with Crippen LogP contribution in [0.25, 0.3) is 0 Å². The molecule has 122 valence electrons. The molecule has 1 heterocycles. The average Bonchev–Trinajstić information content (AvgIpc) is 2.52. The van der Waals surface area contributed by atoms with Gasteiger partial charge >= 0.3 is 0 Å². The van der Waals surface area contributed by atoms with Gasteiger partial charge in [-0.05, 0) is 38.1 Å². The molecule has 1 aromatic rings. The number of nitrogens with zero attached hydrogens (tertiary/aromatic N) is 1. The highest BCUT2D eigenvalue weighted by molar-refractivity contribution is 9.10. The fraction of sp³-hybridized carbons (Fsp3) is 0.467. The summed E-state index contributed by atoms with van der Waals surface area (Å²) >= 11 is 3.33. The van der Waals surface area contributed by atoms with E-state index in [1.165, 1.54) is 0 Å². The second-order valence-electron chi connectivity index (χ2n) is 5.16. The highest BCUT2D eigenvalue weighted by Gasteiger charge is 2.22. The van der Waals surface area contributed by atoms with Crippen LogP contribution in [0, 0.1) is 0 Å². The third kappa shape index (κ3) is 5.26. The highest BCUT2D eigenvalue weighted by Crippen LogP contribution is 2.12. The largest absolute Gasteiger partial charge is 0.343 e. The molecule has 1 aliphatic heterocycles. The third-order valence-corrected chi connectivity index (χ3v) is 4.16. The standard InChI is InChI=1S/C15H20BrN3O2.ClH/c1-17-13-6-3-7-19(10-13)14(20)9-18-15(21)11-4-2-5-12(16)8-11;/h2,4-5,8,13,17H,3,6-7,9-10H2,1H3,(H,18,21);1H. The maximum atomic E-state index is 12.1. The summed E-state index contributed by atoms with van der Waals surface area (Å²) in [7, 11) is 1.91. The SMILES string of the molecule is CNC1CCCN(C(=O)CNC(=O)c2cccc(Br)c2)C1.Cl. The van der Waals surface area contributed by atoms with E-state index in [1.54, 1.807) is 18.2 Å². The van der Waals surface area contributed by atoms with E-state index < -0.39 is 0 Å². The number of rotatable bonds is 4. The molecule has 0 spiro atoms. The fourth-order valence-corrected chi connectivity index (χ4v) is 2.84. The van der Waals surface area contributed by atoms with Gasteiger partial charge in [-0.1, -0.05) is 22.0 Å². The number of piperidine rings is 1. The van der Waals surface area contributed by atoms with E-state index in [0.717, 1.165) is 23.9 Å². The van der Waals surface area contributed by atoms with Crippen LogP contribution in [0.3, 0.4) is 0 Å². The van der Waals surface area contributed by atoms with E-state index in [2.05, 4.69) is 26.6 Å². The summed E-state index contributed by atoms with van der Waals surface area (Å²) < 4.78 is 0.842. The van der Waals surface area contributed by atoms with Gasteiger partial charge in [-0.15, -0.1) is 12.4 Å². The molecule has 1 aliphatic rings. The summed E-state index contributed by atoms with van der Waals surface area (Å²) in [4.78, 5) is 25.9. The quantitative estimate of drug-likeness (QED) is 0.824. The van der Waals surface area contributed by atoms with E-state index in [-0.39, 0.29) is 30.8 Å². The minimum atomic E-state index is -0.230. The lowest BCUT2D eigenvalue weighted by molar-refractivity contribution is -0.131. The van der Waals surface area contributed by atoms with Gasteiger partial charge in [-0.3, -0.25) is 9.59 Å². The summed E-state index contributed by atoms with van der Waals surface area (Å²) in [6.07, 6.45) is 2.08. The van der Waals surface area contributed by atoms with Crippen molar-refractivity contribution < 1.29 is 9.59 Å². The third-order valence-electron chi connectivity index (χ3n) is 3.67. The molecule has 1 fully saturated rings. The lowest BCUT2D eigenvalue weighted by Gasteiger charge is -2.32. The number of hydrogen-bond donors (Lipinski definition) is 2. The zero-order valence-corrected chi connectivity index (χ0v) is 14.9. The Hall–Kier alpha value is -1.11. The Morgan fingerprint density at radius 2 is 2.18 bits per heavy atom. The lowest BCUT2D eigenvalue weighted by atomic mass is 10.1. The number of likely N-dealkylation sites (tertiary alicyclic amines) is 1. The molecular weight excluding hydrogens is 370 g/mol. The van der Waals surface area contributed by atoms with Crippen LogP contribution in [0.5, 0.6) is 0 Å².